The van der Waals surface area contributed by atoms with Crippen LogP contribution in [0.1, 0.15) is 46.5 Å². The van der Waals surface area contributed by atoms with E-state index in [0.717, 1.165) is 25.8 Å². The second-order valence-electron chi connectivity index (χ2n) is 11.3. The molecule has 0 aliphatic heterocycles. The summed E-state index contributed by atoms with van der Waals surface area (Å²) in [5, 5.41) is 0. The molecule has 5 rings (SSSR count). The van der Waals surface area contributed by atoms with E-state index in [9.17, 15) is 36.7 Å². The Morgan fingerprint density at radius 2 is 1.31 bits per heavy atom. The van der Waals surface area contributed by atoms with Gasteiger partial charge < -0.3 is 0 Å². The third-order valence-corrected chi connectivity index (χ3v) is 9.18. The molecule has 8 nitrogen and oxygen atoms in total. The number of hydrogen-bond acceptors (Lipinski definition) is 4. The van der Waals surface area contributed by atoms with Gasteiger partial charge in [0.1, 0.15) is 21.8 Å². The Balaban J connectivity index is 1.83. The highest BCUT2D eigenvalue weighted by Crippen LogP contribution is 2.33. The molecule has 14 heteroatoms. The van der Waals surface area contributed by atoms with Crippen LogP contribution in [-0.4, -0.2) is 18.3 Å². The fourth-order valence-corrected chi connectivity index (χ4v) is 5.99. The molecule has 0 radical (unpaired) electrons. The molecule has 0 aliphatic rings. The monoisotopic (exact) mass is 730 g/mol. The van der Waals surface area contributed by atoms with Crippen molar-refractivity contribution in [3.05, 3.63) is 164 Å². The molecule has 0 amide bonds. The van der Waals surface area contributed by atoms with Crippen molar-refractivity contribution in [1.29, 1.82) is 0 Å². The van der Waals surface area contributed by atoms with Crippen molar-refractivity contribution in [1.82, 2.24) is 18.3 Å². The molecular formula is C34H28BrF5N4O4. The van der Waals surface area contributed by atoms with Gasteiger partial charge in [0.2, 0.25) is 0 Å². The summed E-state index contributed by atoms with van der Waals surface area (Å²) in [6.45, 7) is 2.69. The largest absolute Gasteiger partial charge is 0.416 e. The lowest BCUT2D eigenvalue weighted by molar-refractivity contribution is -0.138. The van der Waals surface area contributed by atoms with Gasteiger partial charge in [-0.25, -0.2) is 22.9 Å². The highest BCUT2D eigenvalue weighted by molar-refractivity contribution is 9.10. The molecule has 0 unspecified atom stereocenters. The predicted octanol–water partition coefficient (Wildman–Crippen LogP) is 5.90. The lowest BCUT2D eigenvalue weighted by Gasteiger charge is -2.22. The minimum Gasteiger partial charge on any atom is -0.292 e. The van der Waals surface area contributed by atoms with E-state index in [2.05, 4.69) is 15.9 Å². The molecule has 0 spiro atoms. The molecule has 250 valence electrons. The van der Waals surface area contributed by atoms with Crippen LogP contribution >= 0.6 is 15.9 Å². The molecular weight excluding hydrogens is 703 g/mol. The van der Waals surface area contributed by atoms with E-state index in [1.165, 1.54) is 32.0 Å². The Bertz CT molecular complexity index is 2270. The first-order valence-electron chi connectivity index (χ1n) is 14.6. The van der Waals surface area contributed by atoms with E-state index >= 15 is 4.39 Å². The second kappa shape index (κ2) is 13.3. The fraction of sp³-hybridized carbons (Fsp3) is 0.235. The molecule has 3 aromatic carbocycles. The van der Waals surface area contributed by atoms with Crippen molar-refractivity contribution in [2.75, 3.05) is 0 Å². The quantitative estimate of drug-likeness (QED) is 0.186. The molecule has 0 fully saturated rings. The van der Waals surface area contributed by atoms with Crippen LogP contribution in [0.25, 0.3) is 5.69 Å². The summed E-state index contributed by atoms with van der Waals surface area (Å²) < 4.78 is 74.5. The van der Waals surface area contributed by atoms with E-state index in [4.69, 9.17) is 0 Å². The minimum absolute atomic E-state index is 0.0924. The van der Waals surface area contributed by atoms with E-state index in [0.29, 0.717) is 16.2 Å². The maximum atomic E-state index is 15.1. The number of alkyl halides is 3. The van der Waals surface area contributed by atoms with Gasteiger partial charge in [-0.15, -0.1) is 0 Å². The topological polar surface area (TPSA) is 88.0 Å². The molecule has 5 aromatic rings. The predicted molar refractivity (Wildman–Crippen MR) is 173 cm³/mol. The fourth-order valence-electron chi connectivity index (χ4n) is 5.60. The summed E-state index contributed by atoms with van der Waals surface area (Å²) in [5.74, 6) is -2.39. The van der Waals surface area contributed by atoms with Gasteiger partial charge in [-0.2, -0.15) is 13.2 Å². The van der Waals surface area contributed by atoms with E-state index in [-0.39, 0.29) is 34.5 Å². The van der Waals surface area contributed by atoms with E-state index in [1.54, 1.807) is 43.3 Å². The van der Waals surface area contributed by atoms with Crippen LogP contribution in [0.2, 0.25) is 0 Å². The third-order valence-electron chi connectivity index (χ3n) is 8.27. The Morgan fingerprint density at radius 3 is 1.96 bits per heavy atom. The maximum absolute atomic E-state index is 15.1. The van der Waals surface area contributed by atoms with Crippen LogP contribution in [0, 0.1) is 25.5 Å². The van der Waals surface area contributed by atoms with Gasteiger partial charge in [0.05, 0.1) is 18.7 Å². The standard InChI is InChI=1S/C34H28BrF5N4O4/c1-19(22-10-5-4-6-11-22)16-43-31(46)29(21(3)42(32(43)47)18-24-25(34(38,39)40)13-9-15-27(24)37)44-30(45)28(35)20(2)41(33(44)48)17-23-12-7-8-14-26(23)36/h4-15,19H,16-18H2,1-3H3/t19-/m0/s1. The van der Waals surface area contributed by atoms with Crippen LogP contribution in [-0.2, 0) is 25.8 Å². The number of nitrogens with zero attached hydrogens (tertiary/aromatic N) is 4. The van der Waals surface area contributed by atoms with Crippen LogP contribution in [0.15, 0.2) is 96.4 Å². The smallest absolute Gasteiger partial charge is 0.292 e. The number of aromatic nitrogens is 4. The van der Waals surface area contributed by atoms with Crippen molar-refractivity contribution in [3.8, 4) is 5.69 Å². The van der Waals surface area contributed by atoms with Gasteiger partial charge >= 0.3 is 17.6 Å². The highest BCUT2D eigenvalue weighted by atomic mass is 79.9. The minimum atomic E-state index is -4.99. The van der Waals surface area contributed by atoms with E-state index < -0.39 is 69.6 Å². The normalized spacial score (nSPS) is 12.4. The number of benzene rings is 3. The van der Waals surface area contributed by atoms with Crippen LogP contribution in [0.3, 0.4) is 0 Å². The molecule has 0 saturated carbocycles. The summed E-state index contributed by atoms with van der Waals surface area (Å²) in [6.07, 6.45) is -4.99. The van der Waals surface area contributed by atoms with Crippen molar-refractivity contribution in [2.24, 2.45) is 0 Å². The first-order valence-corrected chi connectivity index (χ1v) is 15.4. The highest BCUT2D eigenvalue weighted by Gasteiger charge is 2.35. The summed E-state index contributed by atoms with van der Waals surface area (Å²) in [4.78, 5) is 56.0. The van der Waals surface area contributed by atoms with Crippen molar-refractivity contribution in [3.63, 3.8) is 0 Å². The number of rotatable bonds is 8. The molecule has 48 heavy (non-hydrogen) atoms. The van der Waals surface area contributed by atoms with Gasteiger partial charge in [-0.1, -0.05) is 61.5 Å². The molecule has 2 aromatic heterocycles. The maximum Gasteiger partial charge on any atom is 0.416 e. The average Bonchev–Trinajstić information content (AvgIpc) is 3.05. The summed E-state index contributed by atoms with van der Waals surface area (Å²) in [6, 6.07) is 16.7. The van der Waals surface area contributed by atoms with Crippen molar-refractivity contribution in [2.45, 2.75) is 52.5 Å². The molecule has 0 saturated heterocycles. The first-order chi connectivity index (χ1) is 22.6. The van der Waals surface area contributed by atoms with Gasteiger partial charge in [-0.05, 0) is 59.5 Å². The number of hydrogen-bond donors (Lipinski definition) is 0. The molecule has 1 atom stereocenters. The van der Waals surface area contributed by atoms with Crippen molar-refractivity contribution >= 4 is 15.9 Å². The van der Waals surface area contributed by atoms with Gasteiger partial charge in [0.15, 0.2) is 0 Å². The summed E-state index contributed by atoms with van der Waals surface area (Å²) in [5.41, 5.74) is -6.52. The zero-order chi connectivity index (χ0) is 35.1. The second-order valence-corrected chi connectivity index (χ2v) is 12.1. The Labute approximate surface area is 278 Å². The van der Waals surface area contributed by atoms with Gasteiger partial charge in [0.25, 0.3) is 11.1 Å². The number of halogens is 6. The Kier molecular flexibility index (Phi) is 9.58. The van der Waals surface area contributed by atoms with E-state index in [1.807, 2.05) is 0 Å². The first kappa shape index (κ1) is 34.5. The molecule has 2 heterocycles. The lowest BCUT2D eigenvalue weighted by Crippen LogP contribution is -2.49. The van der Waals surface area contributed by atoms with Crippen molar-refractivity contribution < 1.29 is 22.0 Å². The van der Waals surface area contributed by atoms with Crippen LogP contribution < -0.4 is 22.5 Å². The Morgan fingerprint density at radius 1 is 0.708 bits per heavy atom. The SMILES string of the molecule is Cc1c(-n2c(=O)c(Br)c(C)n(Cc3ccccc3F)c2=O)c(=O)n(C[C@H](C)c2ccccc2)c(=O)n1Cc1c(F)cccc1C(F)(F)F. The average molecular weight is 732 g/mol. The van der Waals surface area contributed by atoms with Gasteiger partial charge in [0, 0.05) is 29.1 Å². The lowest BCUT2D eigenvalue weighted by atomic mass is 10.0. The van der Waals surface area contributed by atoms with Crippen LogP contribution in [0.5, 0.6) is 0 Å². The summed E-state index contributed by atoms with van der Waals surface area (Å²) >= 11 is 3.17. The third kappa shape index (κ3) is 6.36. The summed E-state index contributed by atoms with van der Waals surface area (Å²) in [7, 11) is 0. The van der Waals surface area contributed by atoms with Crippen LogP contribution in [0.4, 0.5) is 22.0 Å². The zero-order valence-corrected chi connectivity index (χ0v) is 27.4. The molecule has 0 N–H and O–H groups in total. The Hall–Kier alpha value is -4.85. The van der Waals surface area contributed by atoms with Gasteiger partial charge in [-0.3, -0.25) is 23.3 Å². The molecule has 0 bridgehead atoms. The zero-order valence-electron chi connectivity index (χ0n) is 25.8. The molecule has 0 aliphatic carbocycles.